The first-order valence-electron chi connectivity index (χ1n) is 7.78. The van der Waals surface area contributed by atoms with Crippen molar-refractivity contribution in [2.24, 2.45) is 10.8 Å². The van der Waals surface area contributed by atoms with Gasteiger partial charge in [-0.25, -0.2) is 10.2 Å². The highest BCUT2D eigenvalue weighted by Crippen LogP contribution is 2.33. The molecule has 26 heavy (non-hydrogen) atoms. The summed E-state index contributed by atoms with van der Waals surface area (Å²) in [5.41, 5.74) is 8.99. The number of hydrazone groups is 1. The molecule has 2 aromatic carbocycles. The van der Waals surface area contributed by atoms with Crippen molar-refractivity contribution in [2.75, 3.05) is 20.3 Å². The molecule has 0 aromatic heterocycles. The summed E-state index contributed by atoms with van der Waals surface area (Å²) in [6, 6.07) is 10.7. The molecule has 0 aliphatic carbocycles. The van der Waals surface area contributed by atoms with Gasteiger partial charge in [0.15, 0.2) is 11.5 Å². The minimum Gasteiger partial charge on any atom is -0.493 e. The number of carbonyl (C=O) groups excluding carboxylic acids is 1. The largest absolute Gasteiger partial charge is 0.493 e. The van der Waals surface area contributed by atoms with Crippen LogP contribution in [0.15, 0.2) is 41.5 Å². The van der Waals surface area contributed by atoms with Crippen LogP contribution in [0.2, 0.25) is 0 Å². The lowest BCUT2D eigenvalue weighted by atomic mass is 10.2. The number of amides is 2. The van der Waals surface area contributed by atoms with Gasteiger partial charge < -0.3 is 19.9 Å². The molecule has 138 valence electrons. The third-order valence-corrected chi connectivity index (χ3v) is 4.03. The fraction of sp³-hybridized carbons (Fsp3) is 0.222. The monoisotopic (exact) mass is 469 g/mol. The summed E-state index contributed by atoms with van der Waals surface area (Å²) in [4.78, 5) is 10.6. The summed E-state index contributed by atoms with van der Waals surface area (Å²) >= 11 is 2.15. The zero-order chi connectivity index (χ0) is 18.9. The van der Waals surface area contributed by atoms with Crippen LogP contribution < -0.4 is 25.4 Å². The molecular formula is C18H20IN3O4. The summed E-state index contributed by atoms with van der Waals surface area (Å²) in [7, 11) is 1.56. The molecule has 2 rings (SSSR count). The Morgan fingerprint density at radius 1 is 1.27 bits per heavy atom. The molecule has 0 radical (unpaired) electrons. The minimum absolute atomic E-state index is 0.372. The Kier molecular flexibility index (Phi) is 7.52. The summed E-state index contributed by atoms with van der Waals surface area (Å²) in [5, 5.41) is 3.73. The summed E-state index contributed by atoms with van der Waals surface area (Å²) in [6.45, 7) is 2.80. The quantitative estimate of drug-likeness (QED) is 0.269. The van der Waals surface area contributed by atoms with Gasteiger partial charge in [-0.05, 0) is 64.9 Å². The van der Waals surface area contributed by atoms with Crippen LogP contribution in [0.5, 0.6) is 17.2 Å². The Morgan fingerprint density at radius 2 is 2.04 bits per heavy atom. The Labute approximate surface area is 165 Å². The maximum absolute atomic E-state index is 10.6. The Morgan fingerprint density at radius 3 is 2.73 bits per heavy atom. The van der Waals surface area contributed by atoms with Crippen molar-refractivity contribution in [3.63, 3.8) is 0 Å². The molecule has 2 amide bonds. The summed E-state index contributed by atoms with van der Waals surface area (Å²) in [5.74, 6) is 2.00. The van der Waals surface area contributed by atoms with Crippen LogP contribution in [0.4, 0.5) is 4.79 Å². The van der Waals surface area contributed by atoms with E-state index in [-0.39, 0.29) is 0 Å². The molecule has 0 heterocycles. The number of urea groups is 1. The van der Waals surface area contributed by atoms with Gasteiger partial charge in [-0.3, -0.25) is 0 Å². The van der Waals surface area contributed by atoms with Gasteiger partial charge in [-0.1, -0.05) is 12.1 Å². The molecule has 0 unspecified atom stereocenters. The Balaban J connectivity index is 1.97. The van der Waals surface area contributed by atoms with Gasteiger partial charge in [0.2, 0.25) is 0 Å². The number of ether oxygens (including phenoxy) is 3. The number of methoxy groups -OCH3 is 1. The zero-order valence-corrected chi connectivity index (χ0v) is 16.6. The Bertz CT molecular complexity index is 796. The van der Waals surface area contributed by atoms with Crippen LogP contribution >= 0.6 is 22.6 Å². The van der Waals surface area contributed by atoms with E-state index in [2.05, 4.69) is 33.1 Å². The molecule has 2 aromatic rings. The van der Waals surface area contributed by atoms with Gasteiger partial charge in [-0.2, -0.15) is 5.10 Å². The van der Waals surface area contributed by atoms with E-state index in [0.29, 0.717) is 24.7 Å². The molecule has 7 nitrogen and oxygen atoms in total. The van der Waals surface area contributed by atoms with E-state index in [0.717, 1.165) is 20.4 Å². The molecule has 0 aliphatic rings. The number of aryl methyl sites for hydroxylation is 1. The molecule has 0 saturated carbocycles. The number of halogens is 1. The SMILES string of the molecule is COc1cc(/C=N\NC(N)=O)cc(I)c1OCCOc1cccc(C)c1. The lowest BCUT2D eigenvalue weighted by Gasteiger charge is -2.14. The van der Waals surface area contributed by atoms with Gasteiger partial charge in [0.1, 0.15) is 19.0 Å². The highest BCUT2D eigenvalue weighted by Gasteiger charge is 2.11. The number of primary amides is 1. The van der Waals surface area contributed by atoms with E-state index >= 15 is 0 Å². The summed E-state index contributed by atoms with van der Waals surface area (Å²) in [6.07, 6.45) is 1.47. The average Bonchev–Trinajstić information content (AvgIpc) is 2.59. The van der Waals surface area contributed by atoms with Gasteiger partial charge in [0, 0.05) is 0 Å². The number of rotatable bonds is 8. The second-order valence-corrected chi connectivity index (χ2v) is 6.44. The molecule has 0 spiro atoms. The molecule has 0 saturated heterocycles. The minimum atomic E-state index is -0.725. The fourth-order valence-electron chi connectivity index (χ4n) is 2.13. The first kappa shape index (κ1) is 19.8. The smallest absolute Gasteiger partial charge is 0.332 e. The second-order valence-electron chi connectivity index (χ2n) is 5.28. The number of nitrogens with two attached hydrogens (primary N) is 1. The van der Waals surface area contributed by atoms with E-state index in [4.69, 9.17) is 19.9 Å². The Hall–Kier alpha value is -2.49. The fourth-order valence-corrected chi connectivity index (χ4v) is 2.91. The molecule has 0 aliphatic heterocycles. The normalized spacial score (nSPS) is 10.6. The number of nitrogens with one attached hydrogen (secondary N) is 1. The maximum atomic E-state index is 10.6. The first-order chi connectivity index (χ1) is 12.5. The predicted molar refractivity (Wildman–Crippen MR) is 108 cm³/mol. The van der Waals surface area contributed by atoms with Crippen molar-refractivity contribution in [1.29, 1.82) is 0 Å². The number of carbonyl (C=O) groups is 1. The van der Waals surface area contributed by atoms with Crippen LogP contribution in [0.25, 0.3) is 0 Å². The molecule has 3 N–H and O–H groups in total. The van der Waals surface area contributed by atoms with Crippen LogP contribution in [0, 0.1) is 10.5 Å². The van der Waals surface area contributed by atoms with Crippen LogP contribution in [0.1, 0.15) is 11.1 Å². The molecule has 0 atom stereocenters. The van der Waals surface area contributed by atoms with E-state index < -0.39 is 6.03 Å². The van der Waals surface area contributed by atoms with E-state index in [1.165, 1.54) is 6.21 Å². The molecule has 0 bridgehead atoms. The molecule has 0 fully saturated rings. The van der Waals surface area contributed by atoms with Gasteiger partial charge in [0.25, 0.3) is 0 Å². The topological polar surface area (TPSA) is 95.2 Å². The van der Waals surface area contributed by atoms with Crippen molar-refractivity contribution in [3.05, 3.63) is 51.1 Å². The lowest BCUT2D eigenvalue weighted by Crippen LogP contribution is -2.24. The van der Waals surface area contributed by atoms with Crippen molar-refractivity contribution in [1.82, 2.24) is 5.43 Å². The van der Waals surface area contributed by atoms with Crippen LogP contribution in [-0.4, -0.2) is 32.6 Å². The zero-order valence-electron chi connectivity index (χ0n) is 14.5. The highest BCUT2D eigenvalue weighted by molar-refractivity contribution is 14.1. The van der Waals surface area contributed by atoms with Gasteiger partial charge in [-0.15, -0.1) is 0 Å². The second kappa shape index (κ2) is 9.85. The van der Waals surface area contributed by atoms with Crippen molar-refractivity contribution >= 4 is 34.8 Å². The average molecular weight is 469 g/mol. The molecular weight excluding hydrogens is 449 g/mol. The van der Waals surface area contributed by atoms with E-state index in [1.54, 1.807) is 13.2 Å². The number of benzene rings is 2. The number of hydrogen-bond donors (Lipinski definition) is 2. The maximum Gasteiger partial charge on any atom is 0.332 e. The predicted octanol–water partition coefficient (Wildman–Crippen LogP) is 3.07. The van der Waals surface area contributed by atoms with Crippen LogP contribution in [0.3, 0.4) is 0 Å². The van der Waals surface area contributed by atoms with Gasteiger partial charge in [0.05, 0.1) is 16.9 Å². The first-order valence-corrected chi connectivity index (χ1v) is 8.86. The van der Waals surface area contributed by atoms with Crippen molar-refractivity contribution < 1.29 is 19.0 Å². The summed E-state index contributed by atoms with van der Waals surface area (Å²) < 4.78 is 17.7. The van der Waals surface area contributed by atoms with Crippen molar-refractivity contribution in [3.8, 4) is 17.2 Å². The van der Waals surface area contributed by atoms with Crippen LogP contribution in [-0.2, 0) is 0 Å². The van der Waals surface area contributed by atoms with E-state index in [9.17, 15) is 4.79 Å². The molecule has 8 heteroatoms. The van der Waals surface area contributed by atoms with Crippen molar-refractivity contribution in [2.45, 2.75) is 6.92 Å². The standard InChI is InChI=1S/C18H20IN3O4/c1-12-4-3-5-14(8-12)25-6-7-26-17-15(19)9-13(10-16(17)24-2)11-21-22-18(20)23/h3-5,8-11H,6-7H2,1-2H3,(H3,20,22,23)/b21-11-. The van der Waals surface area contributed by atoms with Gasteiger partial charge >= 0.3 is 6.03 Å². The lowest BCUT2D eigenvalue weighted by molar-refractivity contribution is 0.210. The highest BCUT2D eigenvalue weighted by atomic mass is 127. The number of nitrogens with zero attached hydrogens (tertiary/aromatic N) is 1. The number of hydrogen-bond acceptors (Lipinski definition) is 5. The third kappa shape index (κ3) is 6.10. The third-order valence-electron chi connectivity index (χ3n) is 3.23. The van der Waals surface area contributed by atoms with E-state index in [1.807, 2.05) is 37.3 Å².